The molecule has 1 N–H and O–H groups in total. The third-order valence-corrected chi connectivity index (χ3v) is 5.04. The first-order valence-corrected chi connectivity index (χ1v) is 7.71. The van der Waals surface area contributed by atoms with Crippen molar-refractivity contribution in [1.82, 2.24) is 4.98 Å². The van der Waals surface area contributed by atoms with Crippen LogP contribution in [-0.4, -0.2) is 16.1 Å². The molecule has 0 saturated carbocycles. The number of hydrogen-bond acceptors (Lipinski definition) is 4. The number of hydrogen-bond donors (Lipinski definition) is 1. The standard InChI is InChI=1S/C14H8ClNO2S2/c15-8-5-6-9(13(17)18)12(7-8)20-14-16-10-3-1-2-4-11(10)19-14/h1-7H,(H,17,18). The predicted octanol–water partition coefficient (Wildman–Crippen LogP) is 4.80. The Bertz CT molecular complexity index is 768. The Morgan fingerprint density at radius 1 is 1.25 bits per heavy atom. The van der Waals surface area contributed by atoms with Crippen molar-refractivity contribution in [2.45, 2.75) is 9.24 Å². The van der Waals surface area contributed by atoms with Crippen LogP contribution in [0.4, 0.5) is 0 Å². The molecule has 3 rings (SSSR count). The van der Waals surface area contributed by atoms with Gasteiger partial charge in [0, 0.05) is 9.92 Å². The van der Waals surface area contributed by atoms with Crippen molar-refractivity contribution >= 4 is 50.9 Å². The van der Waals surface area contributed by atoms with Crippen LogP contribution in [-0.2, 0) is 0 Å². The van der Waals surface area contributed by atoms with Gasteiger partial charge < -0.3 is 5.11 Å². The van der Waals surface area contributed by atoms with E-state index in [2.05, 4.69) is 4.98 Å². The van der Waals surface area contributed by atoms with E-state index in [9.17, 15) is 9.90 Å². The number of carboxylic acids is 1. The summed E-state index contributed by atoms with van der Waals surface area (Å²) >= 11 is 8.80. The zero-order valence-corrected chi connectivity index (χ0v) is 12.4. The third kappa shape index (κ3) is 2.65. The lowest BCUT2D eigenvalue weighted by Gasteiger charge is -2.03. The van der Waals surface area contributed by atoms with Crippen molar-refractivity contribution in [2.24, 2.45) is 0 Å². The fraction of sp³-hybridized carbons (Fsp3) is 0. The van der Waals surface area contributed by atoms with E-state index in [1.54, 1.807) is 12.1 Å². The van der Waals surface area contributed by atoms with Crippen LogP contribution >= 0.6 is 34.7 Å². The highest BCUT2D eigenvalue weighted by Gasteiger charge is 2.14. The van der Waals surface area contributed by atoms with Gasteiger partial charge in [-0.3, -0.25) is 0 Å². The van der Waals surface area contributed by atoms with Crippen molar-refractivity contribution in [3.05, 3.63) is 53.1 Å². The summed E-state index contributed by atoms with van der Waals surface area (Å²) in [4.78, 5) is 16.3. The number of aromatic carboxylic acids is 1. The van der Waals surface area contributed by atoms with Gasteiger partial charge in [0.25, 0.3) is 0 Å². The minimum atomic E-state index is -0.967. The highest BCUT2D eigenvalue weighted by Crippen LogP contribution is 2.37. The molecule has 0 saturated heterocycles. The molecule has 0 radical (unpaired) electrons. The molecule has 20 heavy (non-hydrogen) atoms. The Balaban J connectivity index is 2.01. The number of rotatable bonds is 3. The van der Waals surface area contributed by atoms with E-state index >= 15 is 0 Å². The lowest BCUT2D eigenvalue weighted by molar-refractivity contribution is 0.0693. The van der Waals surface area contributed by atoms with Gasteiger partial charge in [0.2, 0.25) is 0 Å². The molecule has 0 aliphatic carbocycles. The molecule has 0 bridgehead atoms. The maximum Gasteiger partial charge on any atom is 0.336 e. The summed E-state index contributed by atoms with van der Waals surface area (Å²) in [5.74, 6) is -0.967. The Kier molecular flexibility index (Phi) is 3.65. The minimum absolute atomic E-state index is 0.235. The van der Waals surface area contributed by atoms with Crippen molar-refractivity contribution < 1.29 is 9.90 Å². The summed E-state index contributed by atoms with van der Waals surface area (Å²) in [6.07, 6.45) is 0. The molecular weight excluding hydrogens is 314 g/mol. The number of thiazole rings is 1. The van der Waals surface area contributed by atoms with Gasteiger partial charge in [0.15, 0.2) is 4.34 Å². The summed E-state index contributed by atoms with van der Waals surface area (Å²) < 4.78 is 1.88. The van der Waals surface area contributed by atoms with Gasteiger partial charge in [-0.05, 0) is 30.3 Å². The van der Waals surface area contributed by atoms with Crippen LogP contribution in [0.15, 0.2) is 51.7 Å². The highest BCUT2D eigenvalue weighted by molar-refractivity contribution is 8.01. The fourth-order valence-electron chi connectivity index (χ4n) is 1.75. The number of benzene rings is 2. The van der Waals surface area contributed by atoms with Gasteiger partial charge in [-0.15, -0.1) is 11.3 Å². The van der Waals surface area contributed by atoms with Crippen LogP contribution in [0.2, 0.25) is 5.02 Å². The number of fused-ring (bicyclic) bond motifs is 1. The predicted molar refractivity (Wildman–Crippen MR) is 82.2 cm³/mol. The number of nitrogens with zero attached hydrogens (tertiary/aromatic N) is 1. The fourth-order valence-corrected chi connectivity index (χ4v) is 4.17. The lowest BCUT2D eigenvalue weighted by Crippen LogP contribution is -1.98. The van der Waals surface area contributed by atoms with E-state index in [1.807, 2.05) is 24.3 Å². The Hall–Kier alpha value is -1.56. The molecule has 3 nitrogen and oxygen atoms in total. The molecule has 0 spiro atoms. The zero-order chi connectivity index (χ0) is 14.1. The van der Waals surface area contributed by atoms with Crippen LogP contribution in [0, 0.1) is 0 Å². The highest BCUT2D eigenvalue weighted by atomic mass is 35.5. The first kappa shape index (κ1) is 13.4. The first-order chi connectivity index (χ1) is 9.63. The molecule has 1 aromatic heterocycles. The van der Waals surface area contributed by atoms with Crippen molar-refractivity contribution in [3.63, 3.8) is 0 Å². The molecule has 6 heteroatoms. The van der Waals surface area contributed by atoms with Crippen molar-refractivity contribution in [3.8, 4) is 0 Å². The average Bonchev–Trinajstić information content (AvgIpc) is 2.80. The van der Waals surface area contributed by atoms with Gasteiger partial charge in [-0.1, -0.05) is 35.5 Å². The van der Waals surface area contributed by atoms with Crippen LogP contribution in [0.5, 0.6) is 0 Å². The van der Waals surface area contributed by atoms with E-state index in [0.29, 0.717) is 9.92 Å². The summed E-state index contributed by atoms with van der Waals surface area (Å²) in [6.45, 7) is 0. The van der Waals surface area contributed by atoms with Gasteiger partial charge in [-0.25, -0.2) is 9.78 Å². The maximum absolute atomic E-state index is 11.2. The number of para-hydroxylation sites is 1. The summed E-state index contributed by atoms with van der Waals surface area (Å²) in [5, 5.41) is 9.71. The molecular formula is C14H8ClNO2S2. The largest absolute Gasteiger partial charge is 0.478 e. The average molecular weight is 322 g/mol. The lowest BCUT2D eigenvalue weighted by atomic mass is 10.2. The van der Waals surface area contributed by atoms with Gasteiger partial charge >= 0.3 is 5.97 Å². The van der Waals surface area contributed by atoms with Gasteiger partial charge in [-0.2, -0.15) is 0 Å². The summed E-state index contributed by atoms with van der Waals surface area (Å²) in [6, 6.07) is 12.6. The SMILES string of the molecule is O=C(O)c1ccc(Cl)cc1Sc1nc2ccccc2s1. The molecule has 0 atom stereocenters. The number of aromatic nitrogens is 1. The molecule has 0 amide bonds. The van der Waals surface area contributed by atoms with Gasteiger partial charge in [0.1, 0.15) is 0 Å². The van der Waals surface area contributed by atoms with E-state index in [1.165, 1.54) is 29.2 Å². The van der Waals surface area contributed by atoms with Crippen LogP contribution in [0.25, 0.3) is 10.2 Å². The molecule has 0 unspecified atom stereocenters. The van der Waals surface area contributed by atoms with Gasteiger partial charge in [0.05, 0.1) is 15.8 Å². The summed E-state index contributed by atoms with van der Waals surface area (Å²) in [5.41, 5.74) is 1.15. The first-order valence-electron chi connectivity index (χ1n) is 5.70. The maximum atomic E-state index is 11.2. The second kappa shape index (κ2) is 5.44. The topological polar surface area (TPSA) is 50.2 Å². The molecule has 100 valence electrons. The van der Waals surface area contributed by atoms with Crippen LogP contribution < -0.4 is 0 Å². The second-order valence-corrected chi connectivity index (χ2v) is 6.75. The minimum Gasteiger partial charge on any atom is -0.478 e. The number of carbonyl (C=O) groups is 1. The second-order valence-electron chi connectivity index (χ2n) is 4.00. The molecule has 2 aromatic carbocycles. The molecule has 0 aliphatic rings. The number of halogens is 1. The van der Waals surface area contributed by atoms with E-state index in [4.69, 9.17) is 11.6 Å². The Morgan fingerprint density at radius 2 is 2.05 bits per heavy atom. The molecule has 0 fully saturated rings. The molecule has 3 aromatic rings. The monoisotopic (exact) mass is 321 g/mol. The molecule has 0 aliphatic heterocycles. The zero-order valence-electron chi connectivity index (χ0n) is 10.0. The quantitative estimate of drug-likeness (QED) is 0.753. The van der Waals surface area contributed by atoms with Crippen molar-refractivity contribution in [1.29, 1.82) is 0 Å². The normalized spacial score (nSPS) is 10.8. The Morgan fingerprint density at radius 3 is 2.80 bits per heavy atom. The van der Waals surface area contributed by atoms with Crippen molar-refractivity contribution in [2.75, 3.05) is 0 Å². The van der Waals surface area contributed by atoms with E-state index in [0.717, 1.165) is 14.6 Å². The van der Waals surface area contributed by atoms with E-state index < -0.39 is 5.97 Å². The van der Waals surface area contributed by atoms with Crippen LogP contribution in [0.1, 0.15) is 10.4 Å². The molecule has 1 heterocycles. The number of carboxylic acid groups (broad SMARTS) is 1. The smallest absolute Gasteiger partial charge is 0.336 e. The summed E-state index contributed by atoms with van der Waals surface area (Å²) in [7, 11) is 0. The van der Waals surface area contributed by atoms with Crippen LogP contribution in [0.3, 0.4) is 0 Å². The van der Waals surface area contributed by atoms with E-state index in [-0.39, 0.29) is 5.56 Å². The third-order valence-electron chi connectivity index (χ3n) is 2.65. The Labute approximate surface area is 128 Å².